The summed E-state index contributed by atoms with van der Waals surface area (Å²) in [4.78, 5) is 16.7. The number of amides is 1. The number of piperazine rings is 1. The first kappa shape index (κ1) is 19.4. The van der Waals surface area contributed by atoms with Gasteiger partial charge in [-0.2, -0.15) is 0 Å². The molecule has 2 heterocycles. The molecule has 0 unspecified atom stereocenters. The van der Waals surface area contributed by atoms with Crippen LogP contribution in [0.1, 0.15) is 27.7 Å². The molecule has 0 aliphatic carbocycles. The molecule has 0 aromatic carbocycles. The normalized spacial score (nSPS) is 29.5. The Hall–Kier alpha value is -0.890. The quantitative estimate of drug-likeness (QED) is 0.819. The van der Waals surface area contributed by atoms with Crippen molar-refractivity contribution >= 4 is 6.09 Å². The summed E-state index contributed by atoms with van der Waals surface area (Å²) in [5, 5.41) is 3.55. The fraction of sp³-hybridized carbons (Fsp3) is 0.941. The van der Waals surface area contributed by atoms with Crippen LogP contribution in [0.4, 0.5) is 4.79 Å². The van der Waals surface area contributed by atoms with Gasteiger partial charge in [-0.3, -0.25) is 4.90 Å². The molecule has 0 spiro atoms. The van der Waals surface area contributed by atoms with Crippen LogP contribution < -0.4 is 5.32 Å². The summed E-state index contributed by atoms with van der Waals surface area (Å²) in [6, 6.07) is 0.640. The average molecular weight is 343 g/mol. The molecule has 0 bridgehead atoms. The number of nitrogens with zero attached hydrogens (tertiary/aromatic N) is 2. The molecule has 0 radical (unpaired) electrons. The second-order valence-corrected chi connectivity index (χ2v) is 7.77. The monoisotopic (exact) mass is 343 g/mol. The Labute approximate surface area is 145 Å². The molecule has 7 heteroatoms. The molecule has 3 atom stereocenters. The van der Waals surface area contributed by atoms with Crippen LogP contribution in [0, 0.1) is 0 Å². The van der Waals surface area contributed by atoms with Gasteiger partial charge in [-0.25, -0.2) is 4.79 Å². The molecule has 0 saturated carbocycles. The van der Waals surface area contributed by atoms with Crippen LogP contribution in [-0.4, -0.2) is 92.7 Å². The standard InChI is InChI=1S/C17H33N3O4/c1-13-8-18-14(10-20(13)16(21)24-17(2,3)4)9-19-6-7-23-12-15(19)11-22-5/h13-15,18H,6-12H2,1-5H3/t13-,14+,15-/m1/s1. The number of carbonyl (C=O) groups is 1. The van der Waals surface area contributed by atoms with Gasteiger partial charge in [0.1, 0.15) is 5.60 Å². The van der Waals surface area contributed by atoms with Crippen molar-refractivity contribution in [1.29, 1.82) is 0 Å². The van der Waals surface area contributed by atoms with E-state index in [1.165, 1.54) is 0 Å². The van der Waals surface area contributed by atoms with Crippen molar-refractivity contribution in [2.75, 3.05) is 53.1 Å². The van der Waals surface area contributed by atoms with Gasteiger partial charge in [0.25, 0.3) is 0 Å². The first-order valence-corrected chi connectivity index (χ1v) is 8.84. The van der Waals surface area contributed by atoms with Crippen molar-refractivity contribution in [3.63, 3.8) is 0 Å². The van der Waals surface area contributed by atoms with Crippen LogP contribution >= 0.6 is 0 Å². The van der Waals surface area contributed by atoms with E-state index in [1.807, 2.05) is 25.7 Å². The first-order valence-electron chi connectivity index (χ1n) is 8.84. The van der Waals surface area contributed by atoms with Crippen LogP contribution in [0.3, 0.4) is 0 Å². The number of methoxy groups -OCH3 is 1. The third-order valence-corrected chi connectivity index (χ3v) is 4.44. The Bertz CT molecular complexity index is 411. The minimum atomic E-state index is -0.467. The second kappa shape index (κ2) is 8.47. The lowest BCUT2D eigenvalue weighted by Gasteiger charge is -2.43. The van der Waals surface area contributed by atoms with Gasteiger partial charge in [0.2, 0.25) is 0 Å². The summed E-state index contributed by atoms with van der Waals surface area (Å²) in [6.45, 7) is 13.1. The zero-order valence-corrected chi connectivity index (χ0v) is 15.7. The van der Waals surface area contributed by atoms with E-state index in [1.54, 1.807) is 7.11 Å². The summed E-state index contributed by atoms with van der Waals surface area (Å²) in [5.74, 6) is 0. The Morgan fingerprint density at radius 1 is 1.38 bits per heavy atom. The highest BCUT2D eigenvalue weighted by atomic mass is 16.6. The highest BCUT2D eigenvalue weighted by Gasteiger charge is 2.34. The number of morpholine rings is 1. The molecule has 140 valence electrons. The van der Waals surface area contributed by atoms with E-state index < -0.39 is 5.60 Å². The van der Waals surface area contributed by atoms with Crippen molar-refractivity contribution < 1.29 is 19.0 Å². The van der Waals surface area contributed by atoms with Gasteiger partial charge in [0.15, 0.2) is 0 Å². The molecular formula is C17H33N3O4. The molecule has 24 heavy (non-hydrogen) atoms. The van der Waals surface area contributed by atoms with E-state index in [0.29, 0.717) is 19.8 Å². The van der Waals surface area contributed by atoms with E-state index in [-0.39, 0.29) is 24.2 Å². The third-order valence-electron chi connectivity index (χ3n) is 4.44. The third kappa shape index (κ3) is 5.58. The molecule has 1 N–H and O–H groups in total. The lowest BCUT2D eigenvalue weighted by Crippen LogP contribution is -2.62. The van der Waals surface area contributed by atoms with Gasteiger partial charge in [0, 0.05) is 45.4 Å². The van der Waals surface area contributed by atoms with Gasteiger partial charge in [0.05, 0.1) is 25.9 Å². The van der Waals surface area contributed by atoms with E-state index in [9.17, 15) is 4.79 Å². The van der Waals surface area contributed by atoms with Crippen molar-refractivity contribution in [2.45, 2.75) is 51.4 Å². The number of nitrogens with one attached hydrogen (secondary N) is 1. The maximum atomic E-state index is 12.5. The highest BCUT2D eigenvalue weighted by molar-refractivity contribution is 5.68. The predicted octanol–water partition coefficient (Wildman–Crippen LogP) is 0.931. The van der Waals surface area contributed by atoms with E-state index in [2.05, 4.69) is 17.1 Å². The van der Waals surface area contributed by atoms with Crippen LogP contribution in [0.2, 0.25) is 0 Å². The van der Waals surface area contributed by atoms with E-state index in [4.69, 9.17) is 14.2 Å². The minimum absolute atomic E-state index is 0.135. The first-order chi connectivity index (χ1) is 11.3. The zero-order valence-electron chi connectivity index (χ0n) is 15.7. The average Bonchev–Trinajstić information content (AvgIpc) is 2.49. The molecule has 2 rings (SSSR count). The predicted molar refractivity (Wildman–Crippen MR) is 92.2 cm³/mol. The van der Waals surface area contributed by atoms with Gasteiger partial charge >= 0.3 is 6.09 Å². The maximum absolute atomic E-state index is 12.5. The number of carbonyl (C=O) groups excluding carboxylic acids is 1. The Morgan fingerprint density at radius 2 is 2.12 bits per heavy atom. The number of rotatable bonds is 4. The molecule has 2 aliphatic rings. The van der Waals surface area contributed by atoms with Gasteiger partial charge in [-0.15, -0.1) is 0 Å². The minimum Gasteiger partial charge on any atom is -0.444 e. The number of ether oxygens (including phenoxy) is 3. The summed E-state index contributed by atoms with van der Waals surface area (Å²) >= 11 is 0. The van der Waals surface area contributed by atoms with Crippen LogP contribution in [0.15, 0.2) is 0 Å². The van der Waals surface area contributed by atoms with Crippen LogP contribution in [0.25, 0.3) is 0 Å². The fourth-order valence-electron chi connectivity index (χ4n) is 3.19. The Kier molecular flexibility index (Phi) is 6.86. The summed E-state index contributed by atoms with van der Waals surface area (Å²) in [5.41, 5.74) is -0.467. The smallest absolute Gasteiger partial charge is 0.410 e. The summed E-state index contributed by atoms with van der Waals surface area (Å²) in [6.07, 6.45) is -0.225. The fourth-order valence-corrected chi connectivity index (χ4v) is 3.19. The molecule has 1 amide bonds. The van der Waals surface area contributed by atoms with E-state index >= 15 is 0 Å². The molecule has 2 fully saturated rings. The van der Waals surface area contributed by atoms with Gasteiger partial charge < -0.3 is 24.4 Å². The molecule has 0 aromatic heterocycles. The Morgan fingerprint density at radius 3 is 2.79 bits per heavy atom. The van der Waals surface area contributed by atoms with E-state index in [0.717, 1.165) is 26.2 Å². The SMILES string of the molecule is COC[C@@H]1COCCN1C[C@H]1CN(C(=O)OC(C)(C)C)[C@H](C)CN1. The second-order valence-electron chi connectivity index (χ2n) is 7.77. The van der Waals surface area contributed by atoms with Crippen LogP contribution in [0.5, 0.6) is 0 Å². The van der Waals surface area contributed by atoms with Gasteiger partial charge in [-0.1, -0.05) is 0 Å². The molecule has 2 aliphatic heterocycles. The van der Waals surface area contributed by atoms with Crippen molar-refractivity contribution in [2.24, 2.45) is 0 Å². The highest BCUT2D eigenvalue weighted by Crippen LogP contribution is 2.16. The maximum Gasteiger partial charge on any atom is 0.410 e. The van der Waals surface area contributed by atoms with Crippen molar-refractivity contribution in [3.05, 3.63) is 0 Å². The lowest BCUT2D eigenvalue weighted by molar-refractivity contribution is -0.0430. The van der Waals surface area contributed by atoms with Crippen molar-refractivity contribution in [3.8, 4) is 0 Å². The van der Waals surface area contributed by atoms with Crippen LogP contribution in [-0.2, 0) is 14.2 Å². The summed E-state index contributed by atoms with van der Waals surface area (Å²) < 4.78 is 16.4. The number of hydrogen-bond acceptors (Lipinski definition) is 6. The lowest BCUT2D eigenvalue weighted by atomic mass is 10.1. The number of hydrogen-bond donors (Lipinski definition) is 1. The molecule has 7 nitrogen and oxygen atoms in total. The topological polar surface area (TPSA) is 63.3 Å². The zero-order chi connectivity index (χ0) is 17.7. The largest absolute Gasteiger partial charge is 0.444 e. The molecule has 0 aromatic rings. The molecular weight excluding hydrogens is 310 g/mol. The van der Waals surface area contributed by atoms with Gasteiger partial charge in [-0.05, 0) is 27.7 Å². The Balaban J connectivity index is 1.93. The van der Waals surface area contributed by atoms with Crippen molar-refractivity contribution in [1.82, 2.24) is 15.1 Å². The molecule has 2 saturated heterocycles. The summed E-state index contributed by atoms with van der Waals surface area (Å²) in [7, 11) is 1.72.